The molecule has 0 aliphatic carbocycles. The van der Waals surface area contributed by atoms with E-state index in [4.69, 9.17) is 17.3 Å². The Hall–Kier alpha value is -1.85. The maximum absolute atomic E-state index is 5.95. The Labute approximate surface area is 119 Å². The summed E-state index contributed by atoms with van der Waals surface area (Å²) in [6, 6.07) is 7.62. The number of nitrogens with two attached hydrogens (primary N) is 1. The summed E-state index contributed by atoms with van der Waals surface area (Å²) in [6.07, 6.45) is 1.74. The molecule has 0 amide bonds. The summed E-state index contributed by atoms with van der Waals surface area (Å²) in [5, 5.41) is 7.72. The zero-order valence-electron chi connectivity index (χ0n) is 10.2. The fourth-order valence-corrected chi connectivity index (χ4v) is 2.74. The normalized spacial score (nSPS) is 10.8. The number of anilines is 1. The predicted octanol–water partition coefficient (Wildman–Crippen LogP) is 3.45. The lowest BCUT2D eigenvalue weighted by atomic mass is 10.2. The lowest BCUT2D eigenvalue weighted by Gasteiger charge is -1.97. The van der Waals surface area contributed by atoms with Crippen LogP contribution in [0.3, 0.4) is 0 Å². The molecule has 19 heavy (non-hydrogen) atoms. The zero-order valence-corrected chi connectivity index (χ0v) is 11.7. The van der Waals surface area contributed by atoms with Gasteiger partial charge in [-0.15, -0.1) is 11.3 Å². The van der Waals surface area contributed by atoms with Crippen LogP contribution < -0.4 is 5.73 Å². The molecule has 0 unspecified atom stereocenters. The van der Waals surface area contributed by atoms with E-state index in [1.807, 2.05) is 36.7 Å². The highest BCUT2D eigenvalue weighted by atomic mass is 35.5. The lowest BCUT2D eigenvalue weighted by molar-refractivity contribution is 0.779. The molecule has 96 valence electrons. The van der Waals surface area contributed by atoms with Crippen LogP contribution in [0.15, 0.2) is 35.8 Å². The van der Waals surface area contributed by atoms with Crippen molar-refractivity contribution in [3.05, 3.63) is 40.9 Å². The smallest absolute Gasteiger partial charge is 0.131 e. The van der Waals surface area contributed by atoms with Gasteiger partial charge in [-0.25, -0.2) is 4.98 Å². The molecule has 0 aliphatic heterocycles. The van der Waals surface area contributed by atoms with E-state index in [0.717, 1.165) is 26.9 Å². The second-order valence-electron chi connectivity index (χ2n) is 4.11. The summed E-state index contributed by atoms with van der Waals surface area (Å²) in [5.41, 5.74) is 8.77. The second kappa shape index (κ2) is 4.68. The number of nitrogens with zero attached hydrogens (tertiary/aromatic N) is 3. The number of hydrogen-bond acceptors (Lipinski definition) is 4. The van der Waals surface area contributed by atoms with Gasteiger partial charge >= 0.3 is 0 Å². The summed E-state index contributed by atoms with van der Waals surface area (Å²) in [6.45, 7) is 0. The molecule has 0 fully saturated rings. The van der Waals surface area contributed by atoms with Crippen LogP contribution in [0.5, 0.6) is 0 Å². The summed E-state index contributed by atoms with van der Waals surface area (Å²) in [5.74, 6) is 0.622. The van der Waals surface area contributed by atoms with Gasteiger partial charge in [0.25, 0.3) is 0 Å². The van der Waals surface area contributed by atoms with E-state index in [2.05, 4.69) is 10.1 Å². The highest BCUT2D eigenvalue weighted by Gasteiger charge is 2.12. The van der Waals surface area contributed by atoms with Crippen molar-refractivity contribution in [2.75, 3.05) is 5.73 Å². The molecule has 3 aromatic rings. The molecule has 3 rings (SSSR count). The van der Waals surface area contributed by atoms with E-state index < -0.39 is 0 Å². The second-order valence-corrected chi connectivity index (χ2v) is 5.41. The average Bonchev–Trinajstić information content (AvgIpc) is 2.99. The number of aryl methyl sites for hydroxylation is 1. The zero-order chi connectivity index (χ0) is 13.4. The van der Waals surface area contributed by atoms with Crippen molar-refractivity contribution in [1.29, 1.82) is 0 Å². The van der Waals surface area contributed by atoms with E-state index >= 15 is 0 Å². The van der Waals surface area contributed by atoms with Crippen molar-refractivity contribution in [2.24, 2.45) is 7.05 Å². The Kier molecular flexibility index (Phi) is 3.00. The number of halogens is 1. The van der Waals surface area contributed by atoms with Crippen LogP contribution in [-0.4, -0.2) is 14.8 Å². The van der Waals surface area contributed by atoms with Gasteiger partial charge in [-0.1, -0.05) is 23.7 Å². The molecular formula is C13H11ClN4S. The monoisotopic (exact) mass is 290 g/mol. The van der Waals surface area contributed by atoms with Crippen molar-refractivity contribution >= 4 is 28.8 Å². The van der Waals surface area contributed by atoms with Gasteiger partial charge in [-0.2, -0.15) is 5.10 Å². The largest absolute Gasteiger partial charge is 0.383 e. The SMILES string of the molecule is Cn1ncc(-c2nc(-c3ccc(Cl)cc3)cs2)c1N. The van der Waals surface area contributed by atoms with E-state index in [1.165, 1.54) is 0 Å². The molecule has 0 radical (unpaired) electrons. The minimum atomic E-state index is 0.622. The molecule has 4 nitrogen and oxygen atoms in total. The molecule has 6 heteroatoms. The van der Waals surface area contributed by atoms with Crippen molar-refractivity contribution in [3.63, 3.8) is 0 Å². The minimum Gasteiger partial charge on any atom is -0.383 e. The van der Waals surface area contributed by atoms with Gasteiger partial charge in [-0.05, 0) is 12.1 Å². The first kappa shape index (κ1) is 12.2. The van der Waals surface area contributed by atoms with Crippen LogP contribution in [-0.2, 0) is 7.05 Å². The average molecular weight is 291 g/mol. The predicted molar refractivity (Wildman–Crippen MR) is 79.2 cm³/mol. The Morgan fingerprint density at radius 2 is 2.00 bits per heavy atom. The number of aromatic nitrogens is 3. The number of nitrogen functional groups attached to an aromatic ring is 1. The Morgan fingerprint density at radius 1 is 1.26 bits per heavy atom. The third kappa shape index (κ3) is 2.22. The van der Waals surface area contributed by atoms with Crippen LogP contribution in [0.25, 0.3) is 21.8 Å². The molecule has 2 heterocycles. The lowest BCUT2D eigenvalue weighted by Crippen LogP contribution is -1.97. The topological polar surface area (TPSA) is 56.7 Å². The van der Waals surface area contributed by atoms with Crippen LogP contribution in [0.4, 0.5) is 5.82 Å². The van der Waals surface area contributed by atoms with E-state index in [1.54, 1.807) is 22.2 Å². The number of benzene rings is 1. The fourth-order valence-electron chi connectivity index (χ4n) is 1.76. The number of rotatable bonds is 2. The first-order chi connectivity index (χ1) is 9.15. The maximum atomic E-state index is 5.95. The van der Waals surface area contributed by atoms with Crippen molar-refractivity contribution in [1.82, 2.24) is 14.8 Å². The van der Waals surface area contributed by atoms with Crippen molar-refractivity contribution in [3.8, 4) is 21.8 Å². The standard InChI is InChI=1S/C13H11ClN4S/c1-18-12(15)10(6-16-18)13-17-11(7-19-13)8-2-4-9(14)5-3-8/h2-7H,15H2,1H3. The van der Waals surface area contributed by atoms with Gasteiger partial charge in [0.2, 0.25) is 0 Å². The molecule has 0 atom stereocenters. The molecule has 0 saturated heterocycles. The van der Waals surface area contributed by atoms with Gasteiger partial charge in [0.15, 0.2) is 0 Å². The van der Waals surface area contributed by atoms with E-state index in [9.17, 15) is 0 Å². The molecule has 0 spiro atoms. The van der Waals surface area contributed by atoms with Crippen LogP contribution >= 0.6 is 22.9 Å². The molecule has 1 aromatic carbocycles. The Morgan fingerprint density at radius 3 is 2.63 bits per heavy atom. The van der Waals surface area contributed by atoms with E-state index in [-0.39, 0.29) is 0 Å². The highest BCUT2D eigenvalue weighted by Crippen LogP contribution is 2.32. The highest BCUT2D eigenvalue weighted by molar-refractivity contribution is 7.13. The summed E-state index contributed by atoms with van der Waals surface area (Å²) >= 11 is 7.43. The first-order valence-electron chi connectivity index (χ1n) is 5.64. The van der Waals surface area contributed by atoms with Crippen molar-refractivity contribution < 1.29 is 0 Å². The van der Waals surface area contributed by atoms with Crippen LogP contribution in [0.1, 0.15) is 0 Å². The van der Waals surface area contributed by atoms with Gasteiger partial charge < -0.3 is 5.73 Å². The minimum absolute atomic E-state index is 0.622. The quantitative estimate of drug-likeness (QED) is 0.786. The van der Waals surface area contributed by atoms with E-state index in [0.29, 0.717) is 5.82 Å². The van der Waals surface area contributed by atoms with Crippen LogP contribution in [0.2, 0.25) is 5.02 Å². The molecule has 2 N–H and O–H groups in total. The molecule has 2 aromatic heterocycles. The third-order valence-electron chi connectivity index (χ3n) is 2.86. The Bertz CT molecular complexity index is 715. The van der Waals surface area contributed by atoms with Gasteiger partial charge in [-0.3, -0.25) is 4.68 Å². The first-order valence-corrected chi connectivity index (χ1v) is 6.90. The summed E-state index contributed by atoms with van der Waals surface area (Å²) in [7, 11) is 1.81. The summed E-state index contributed by atoms with van der Waals surface area (Å²) < 4.78 is 1.64. The molecule has 0 bridgehead atoms. The van der Waals surface area contributed by atoms with Gasteiger partial charge in [0, 0.05) is 23.0 Å². The maximum Gasteiger partial charge on any atom is 0.131 e. The number of hydrogen-bond donors (Lipinski definition) is 1. The number of thiazole rings is 1. The molecule has 0 saturated carbocycles. The fraction of sp³-hybridized carbons (Fsp3) is 0.0769. The molecular weight excluding hydrogens is 280 g/mol. The molecule has 0 aliphatic rings. The summed E-state index contributed by atoms with van der Waals surface area (Å²) in [4.78, 5) is 4.60. The third-order valence-corrected chi connectivity index (χ3v) is 3.99. The van der Waals surface area contributed by atoms with Crippen LogP contribution in [0, 0.1) is 0 Å². The Balaban J connectivity index is 2.00. The van der Waals surface area contributed by atoms with Crippen molar-refractivity contribution in [2.45, 2.75) is 0 Å². The van der Waals surface area contributed by atoms with Gasteiger partial charge in [0.1, 0.15) is 10.8 Å². The van der Waals surface area contributed by atoms with Gasteiger partial charge in [0.05, 0.1) is 17.5 Å².